The van der Waals surface area contributed by atoms with Crippen molar-refractivity contribution in [3.05, 3.63) is 59.1 Å². The van der Waals surface area contributed by atoms with Crippen LogP contribution in [0, 0.1) is 0 Å². The first-order chi connectivity index (χ1) is 12.6. The van der Waals surface area contributed by atoms with Crippen LogP contribution in [0.3, 0.4) is 0 Å². The lowest BCUT2D eigenvalue weighted by Gasteiger charge is -2.34. The van der Waals surface area contributed by atoms with Gasteiger partial charge in [-0.1, -0.05) is 23.7 Å². The monoisotopic (exact) mass is 373 g/mol. The lowest BCUT2D eigenvalue weighted by molar-refractivity contribution is 0.148. The van der Waals surface area contributed by atoms with Crippen molar-refractivity contribution in [3.8, 4) is 5.75 Å². The number of hydrogen-bond donors (Lipinski definition) is 1. The number of nitrogens with zero attached hydrogens (tertiary/aromatic N) is 2. The van der Waals surface area contributed by atoms with Crippen molar-refractivity contribution in [1.82, 2.24) is 9.80 Å². The van der Waals surface area contributed by atoms with Gasteiger partial charge in [0.25, 0.3) is 0 Å². The maximum atomic E-state index is 12.4. The van der Waals surface area contributed by atoms with Gasteiger partial charge in [-0.05, 0) is 48.4 Å². The van der Waals surface area contributed by atoms with Crippen LogP contribution in [0.4, 0.5) is 10.5 Å². The summed E-state index contributed by atoms with van der Waals surface area (Å²) in [4.78, 5) is 16.6. The third kappa shape index (κ3) is 5.13. The van der Waals surface area contributed by atoms with Crippen LogP contribution in [0.1, 0.15) is 5.56 Å². The van der Waals surface area contributed by atoms with Crippen LogP contribution >= 0.6 is 11.6 Å². The second-order valence-electron chi connectivity index (χ2n) is 6.37. The van der Waals surface area contributed by atoms with Gasteiger partial charge in [-0.2, -0.15) is 0 Å². The highest BCUT2D eigenvalue weighted by Crippen LogP contribution is 2.15. The van der Waals surface area contributed by atoms with E-state index in [9.17, 15) is 4.79 Å². The van der Waals surface area contributed by atoms with Gasteiger partial charge >= 0.3 is 6.03 Å². The molecule has 6 heteroatoms. The molecule has 0 aliphatic carbocycles. The minimum atomic E-state index is -0.0558. The number of nitrogens with one attached hydrogen (secondary N) is 1. The van der Waals surface area contributed by atoms with Crippen molar-refractivity contribution in [2.75, 3.05) is 45.2 Å². The molecule has 1 fully saturated rings. The maximum Gasteiger partial charge on any atom is 0.321 e. The molecule has 2 amide bonds. The third-order valence-corrected chi connectivity index (χ3v) is 4.86. The number of rotatable bonds is 5. The summed E-state index contributed by atoms with van der Waals surface area (Å²) >= 11 is 5.87. The molecule has 1 N–H and O–H groups in total. The van der Waals surface area contributed by atoms with E-state index in [0.29, 0.717) is 5.02 Å². The second kappa shape index (κ2) is 8.92. The SMILES string of the molecule is COc1cccc(CCN2CCN(C(=O)Nc3ccc(Cl)cc3)CC2)c1. The Morgan fingerprint density at radius 1 is 1.12 bits per heavy atom. The molecule has 3 rings (SSSR count). The topological polar surface area (TPSA) is 44.8 Å². The fourth-order valence-electron chi connectivity index (χ4n) is 3.03. The van der Waals surface area contributed by atoms with Gasteiger partial charge < -0.3 is 15.0 Å². The van der Waals surface area contributed by atoms with Crippen LogP contribution in [0.2, 0.25) is 5.02 Å². The van der Waals surface area contributed by atoms with E-state index in [1.165, 1.54) is 5.56 Å². The number of urea groups is 1. The summed E-state index contributed by atoms with van der Waals surface area (Å²) in [5.41, 5.74) is 2.03. The molecule has 0 saturated carbocycles. The van der Waals surface area contributed by atoms with Gasteiger partial charge in [0.15, 0.2) is 0 Å². The molecule has 1 aliphatic heterocycles. The summed E-state index contributed by atoms with van der Waals surface area (Å²) in [7, 11) is 1.69. The summed E-state index contributed by atoms with van der Waals surface area (Å²) in [5.74, 6) is 0.895. The van der Waals surface area contributed by atoms with Crippen molar-refractivity contribution in [3.63, 3.8) is 0 Å². The highest BCUT2D eigenvalue weighted by atomic mass is 35.5. The molecule has 0 atom stereocenters. The number of hydrogen-bond acceptors (Lipinski definition) is 3. The quantitative estimate of drug-likeness (QED) is 0.868. The van der Waals surface area contributed by atoms with Gasteiger partial charge in [0, 0.05) is 43.4 Å². The molecule has 1 aliphatic rings. The number of carbonyl (C=O) groups excluding carboxylic acids is 1. The van der Waals surface area contributed by atoms with Crippen molar-refractivity contribution in [2.45, 2.75) is 6.42 Å². The number of anilines is 1. The summed E-state index contributed by atoms with van der Waals surface area (Å²) in [6.45, 7) is 4.23. The lowest BCUT2D eigenvalue weighted by atomic mass is 10.1. The zero-order valence-electron chi connectivity index (χ0n) is 15.0. The van der Waals surface area contributed by atoms with Crippen LogP contribution < -0.4 is 10.1 Å². The fraction of sp³-hybridized carbons (Fsp3) is 0.350. The van der Waals surface area contributed by atoms with E-state index in [1.807, 2.05) is 29.2 Å². The Hall–Kier alpha value is -2.24. The molecule has 0 aromatic heterocycles. The van der Waals surface area contributed by atoms with Gasteiger partial charge in [0.2, 0.25) is 0 Å². The minimum Gasteiger partial charge on any atom is -0.497 e. The van der Waals surface area contributed by atoms with Gasteiger partial charge in [-0.3, -0.25) is 4.90 Å². The van der Waals surface area contributed by atoms with E-state index in [-0.39, 0.29) is 6.03 Å². The molecule has 5 nitrogen and oxygen atoms in total. The number of piperazine rings is 1. The summed E-state index contributed by atoms with van der Waals surface area (Å²) in [5, 5.41) is 3.58. The normalized spacial score (nSPS) is 14.9. The zero-order chi connectivity index (χ0) is 18.4. The smallest absolute Gasteiger partial charge is 0.321 e. The number of halogens is 1. The van der Waals surface area contributed by atoms with E-state index < -0.39 is 0 Å². The molecule has 26 heavy (non-hydrogen) atoms. The zero-order valence-corrected chi connectivity index (χ0v) is 15.7. The van der Waals surface area contributed by atoms with E-state index in [0.717, 1.165) is 50.6 Å². The predicted molar refractivity (Wildman–Crippen MR) is 105 cm³/mol. The van der Waals surface area contributed by atoms with E-state index >= 15 is 0 Å². The average Bonchev–Trinajstić information content (AvgIpc) is 2.68. The molecule has 0 bridgehead atoms. The molecule has 0 radical (unpaired) electrons. The number of methoxy groups -OCH3 is 1. The summed E-state index contributed by atoms with van der Waals surface area (Å²) < 4.78 is 5.27. The molecule has 0 unspecified atom stereocenters. The van der Waals surface area contributed by atoms with Gasteiger partial charge in [-0.15, -0.1) is 0 Å². The fourth-order valence-corrected chi connectivity index (χ4v) is 3.15. The Morgan fingerprint density at radius 2 is 1.85 bits per heavy atom. The predicted octanol–water partition coefficient (Wildman–Crippen LogP) is 3.74. The Labute approximate surface area is 159 Å². The van der Waals surface area contributed by atoms with Crippen molar-refractivity contribution in [2.24, 2.45) is 0 Å². The average molecular weight is 374 g/mol. The molecular formula is C20H24ClN3O2. The van der Waals surface area contributed by atoms with Crippen LogP contribution in [0.5, 0.6) is 5.75 Å². The largest absolute Gasteiger partial charge is 0.497 e. The number of ether oxygens (including phenoxy) is 1. The second-order valence-corrected chi connectivity index (χ2v) is 6.80. The van der Waals surface area contributed by atoms with Gasteiger partial charge in [-0.25, -0.2) is 4.79 Å². The highest BCUT2D eigenvalue weighted by molar-refractivity contribution is 6.30. The van der Waals surface area contributed by atoms with Gasteiger partial charge in [0.1, 0.15) is 5.75 Å². The molecule has 138 valence electrons. The Morgan fingerprint density at radius 3 is 2.54 bits per heavy atom. The number of carbonyl (C=O) groups is 1. The van der Waals surface area contributed by atoms with Crippen LogP contribution in [0.25, 0.3) is 0 Å². The standard InChI is InChI=1S/C20H24ClN3O2/c1-26-19-4-2-3-16(15-19)9-10-23-11-13-24(14-12-23)20(25)22-18-7-5-17(21)6-8-18/h2-8,15H,9-14H2,1H3,(H,22,25). The Bertz CT molecular complexity index is 728. The summed E-state index contributed by atoms with van der Waals surface area (Å²) in [6, 6.07) is 15.3. The van der Waals surface area contributed by atoms with Crippen molar-refractivity contribution < 1.29 is 9.53 Å². The first-order valence-electron chi connectivity index (χ1n) is 8.81. The van der Waals surface area contributed by atoms with Crippen molar-refractivity contribution >= 4 is 23.3 Å². The molecule has 2 aromatic rings. The molecule has 1 heterocycles. The number of amides is 2. The van der Waals surface area contributed by atoms with Crippen LogP contribution in [-0.2, 0) is 6.42 Å². The molecule has 1 saturated heterocycles. The Kier molecular flexibility index (Phi) is 6.36. The Balaban J connectivity index is 1.43. The van der Waals surface area contributed by atoms with Crippen LogP contribution in [-0.4, -0.2) is 55.7 Å². The minimum absolute atomic E-state index is 0.0558. The third-order valence-electron chi connectivity index (χ3n) is 4.61. The first-order valence-corrected chi connectivity index (χ1v) is 9.18. The molecular weight excluding hydrogens is 350 g/mol. The molecule has 2 aromatic carbocycles. The van der Waals surface area contributed by atoms with E-state index in [1.54, 1.807) is 19.2 Å². The summed E-state index contributed by atoms with van der Waals surface area (Å²) in [6.07, 6.45) is 0.980. The first kappa shape index (κ1) is 18.5. The van der Waals surface area contributed by atoms with E-state index in [4.69, 9.17) is 16.3 Å². The molecule has 0 spiro atoms. The maximum absolute atomic E-state index is 12.4. The number of benzene rings is 2. The van der Waals surface area contributed by atoms with Crippen LogP contribution in [0.15, 0.2) is 48.5 Å². The van der Waals surface area contributed by atoms with Gasteiger partial charge in [0.05, 0.1) is 7.11 Å². The highest BCUT2D eigenvalue weighted by Gasteiger charge is 2.20. The van der Waals surface area contributed by atoms with Crippen molar-refractivity contribution in [1.29, 1.82) is 0 Å². The lowest BCUT2D eigenvalue weighted by Crippen LogP contribution is -2.50. The van der Waals surface area contributed by atoms with E-state index in [2.05, 4.69) is 22.3 Å².